The summed E-state index contributed by atoms with van der Waals surface area (Å²) >= 11 is 3.21. The third-order valence-electron chi connectivity index (χ3n) is 5.08. The number of H-pyrrole nitrogens is 1. The van der Waals surface area contributed by atoms with E-state index in [9.17, 15) is 17.6 Å². The van der Waals surface area contributed by atoms with Crippen LogP contribution in [0.4, 0.5) is 17.6 Å². The average Bonchev–Trinajstić information content (AvgIpc) is 3.04. The first-order valence-electron chi connectivity index (χ1n) is 8.47. The van der Waals surface area contributed by atoms with Crippen LogP contribution in [0, 0.1) is 5.82 Å². The molecule has 1 aromatic heterocycles. The molecule has 1 aliphatic rings. The molecule has 0 fully saturated rings. The van der Waals surface area contributed by atoms with Crippen molar-refractivity contribution >= 4 is 26.8 Å². The van der Waals surface area contributed by atoms with Gasteiger partial charge in [-0.05, 0) is 42.7 Å². The Bertz CT molecular complexity index is 998. The van der Waals surface area contributed by atoms with Crippen LogP contribution in [-0.2, 0) is 6.42 Å². The highest BCUT2D eigenvalue weighted by molar-refractivity contribution is 9.10. The van der Waals surface area contributed by atoms with Gasteiger partial charge in [0.05, 0.1) is 24.3 Å². The van der Waals surface area contributed by atoms with Crippen molar-refractivity contribution in [2.24, 2.45) is 0 Å². The molecule has 27 heavy (non-hydrogen) atoms. The molecular formula is C19H16BrF4N3. The van der Waals surface area contributed by atoms with Crippen LogP contribution in [0.2, 0.25) is 0 Å². The number of aromatic amines is 1. The molecule has 0 bridgehead atoms. The van der Waals surface area contributed by atoms with E-state index in [0.29, 0.717) is 16.5 Å². The van der Waals surface area contributed by atoms with Gasteiger partial charge in [0.1, 0.15) is 5.82 Å². The van der Waals surface area contributed by atoms with Gasteiger partial charge < -0.3 is 0 Å². The van der Waals surface area contributed by atoms with E-state index in [0.717, 1.165) is 16.5 Å². The van der Waals surface area contributed by atoms with Gasteiger partial charge in [0.25, 0.3) is 0 Å². The molecule has 3 aromatic rings. The predicted octanol–water partition coefficient (Wildman–Crippen LogP) is 5.36. The van der Waals surface area contributed by atoms with E-state index in [2.05, 4.69) is 26.1 Å². The van der Waals surface area contributed by atoms with Crippen LogP contribution in [0.3, 0.4) is 0 Å². The van der Waals surface area contributed by atoms with Crippen molar-refractivity contribution in [3.63, 3.8) is 0 Å². The van der Waals surface area contributed by atoms with Crippen molar-refractivity contribution in [3.05, 3.63) is 63.5 Å². The van der Waals surface area contributed by atoms with Gasteiger partial charge in [0, 0.05) is 21.5 Å². The van der Waals surface area contributed by atoms with Crippen molar-refractivity contribution in [3.8, 4) is 0 Å². The van der Waals surface area contributed by atoms with Crippen molar-refractivity contribution in [2.45, 2.75) is 31.6 Å². The minimum absolute atomic E-state index is 0.234. The lowest BCUT2D eigenvalue weighted by atomic mass is 9.83. The lowest BCUT2D eigenvalue weighted by Crippen LogP contribution is -2.47. The van der Waals surface area contributed by atoms with E-state index in [-0.39, 0.29) is 5.56 Å². The monoisotopic (exact) mass is 441 g/mol. The maximum absolute atomic E-state index is 14.8. The fourth-order valence-corrected chi connectivity index (χ4v) is 4.28. The molecule has 0 radical (unpaired) electrons. The van der Waals surface area contributed by atoms with Crippen molar-refractivity contribution < 1.29 is 17.6 Å². The molecule has 3 nitrogen and oxygen atoms in total. The number of hydrogen-bond donors (Lipinski definition) is 1. The fraction of sp³-hybridized carbons (Fsp3) is 0.316. The summed E-state index contributed by atoms with van der Waals surface area (Å²) < 4.78 is 55.2. The number of rotatable bonds is 2. The highest BCUT2D eigenvalue weighted by Crippen LogP contribution is 2.42. The zero-order valence-corrected chi connectivity index (χ0v) is 15.9. The highest BCUT2D eigenvalue weighted by Gasteiger charge is 2.41. The van der Waals surface area contributed by atoms with E-state index in [1.807, 2.05) is 0 Å². The summed E-state index contributed by atoms with van der Waals surface area (Å²) in [5.74, 6) is -0.533. The minimum atomic E-state index is -4.38. The first-order valence-corrected chi connectivity index (χ1v) is 9.26. The minimum Gasteiger partial charge on any atom is -0.281 e. The third kappa shape index (κ3) is 3.36. The number of hydrogen-bond acceptors (Lipinski definition) is 2. The lowest BCUT2D eigenvalue weighted by Gasteiger charge is -2.42. The molecule has 2 atom stereocenters. The number of halogens is 5. The summed E-state index contributed by atoms with van der Waals surface area (Å²) in [6.07, 6.45) is -2.26. The fourth-order valence-electron chi connectivity index (χ4n) is 3.95. The number of benzene rings is 2. The molecule has 0 saturated carbocycles. The zero-order chi connectivity index (χ0) is 19.3. The maximum Gasteiger partial charge on any atom is 0.401 e. The van der Waals surface area contributed by atoms with Gasteiger partial charge in [-0.1, -0.05) is 28.1 Å². The molecule has 2 heterocycles. The zero-order valence-electron chi connectivity index (χ0n) is 14.3. The van der Waals surface area contributed by atoms with Gasteiger partial charge in [-0.2, -0.15) is 18.3 Å². The number of fused-ring (bicyclic) bond motifs is 3. The number of nitrogens with one attached hydrogen (secondary N) is 1. The van der Waals surface area contributed by atoms with Crippen molar-refractivity contribution in [2.75, 3.05) is 6.54 Å². The van der Waals surface area contributed by atoms with E-state index in [1.165, 1.54) is 11.0 Å². The highest BCUT2D eigenvalue weighted by atomic mass is 79.9. The second kappa shape index (κ2) is 6.60. The molecule has 0 amide bonds. The molecule has 2 aromatic carbocycles. The van der Waals surface area contributed by atoms with Crippen molar-refractivity contribution in [1.82, 2.24) is 15.1 Å². The third-order valence-corrected chi connectivity index (χ3v) is 5.58. The van der Waals surface area contributed by atoms with Crippen LogP contribution in [0.5, 0.6) is 0 Å². The number of nitrogens with zero attached hydrogens (tertiary/aromatic N) is 2. The average molecular weight is 442 g/mol. The van der Waals surface area contributed by atoms with Crippen molar-refractivity contribution in [1.29, 1.82) is 0 Å². The topological polar surface area (TPSA) is 31.9 Å². The summed E-state index contributed by atoms with van der Waals surface area (Å²) in [6, 6.07) is 6.82. The van der Waals surface area contributed by atoms with E-state index in [4.69, 9.17) is 0 Å². The quantitative estimate of drug-likeness (QED) is 0.542. The Morgan fingerprint density at radius 1 is 1.22 bits per heavy atom. The molecule has 4 rings (SSSR count). The SMILES string of the molecule is C[C@@H]1Cc2c(ccc3[nH]ncc23)[C@@H](c2ccc(Br)cc2F)N1CC(F)(F)F. The Kier molecular flexibility index (Phi) is 4.50. The van der Waals surface area contributed by atoms with E-state index in [1.54, 1.807) is 37.4 Å². The summed E-state index contributed by atoms with van der Waals surface area (Å²) in [5, 5.41) is 7.79. The maximum atomic E-state index is 14.8. The molecule has 0 aliphatic carbocycles. The molecule has 0 saturated heterocycles. The molecule has 8 heteroatoms. The van der Waals surface area contributed by atoms with Crippen LogP contribution in [-0.4, -0.2) is 33.9 Å². The summed E-state index contributed by atoms with van der Waals surface area (Å²) in [6.45, 7) is 0.647. The normalized spacial score (nSPS) is 20.8. The lowest BCUT2D eigenvalue weighted by molar-refractivity contribution is -0.155. The Balaban J connectivity index is 1.93. The smallest absolute Gasteiger partial charge is 0.281 e. The Hall–Kier alpha value is -1.93. The number of aromatic nitrogens is 2. The van der Waals surface area contributed by atoms with Gasteiger partial charge >= 0.3 is 6.18 Å². The van der Waals surface area contributed by atoms with E-state index < -0.39 is 30.6 Å². The summed E-state index contributed by atoms with van der Waals surface area (Å²) in [7, 11) is 0. The number of alkyl halides is 3. The second-order valence-corrected chi connectivity index (χ2v) is 7.79. The molecule has 1 N–H and O–H groups in total. The first-order chi connectivity index (χ1) is 12.7. The second-order valence-electron chi connectivity index (χ2n) is 6.87. The molecule has 0 spiro atoms. The van der Waals surface area contributed by atoms with Crippen LogP contribution in [0.1, 0.15) is 29.7 Å². The van der Waals surface area contributed by atoms with Gasteiger partial charge in [-0.15, -0.1) is 0 Å². The van der Waals surface area contributed by atoms with Gasteiger partial charge in [0.2, 0.25) is 0 Å². The van der Waals surface area contributed by atoms with Gasteiger partial charge in [-0.3, -0.25) is 10.00 Å². The first kappa shape index (κ1) is 18.4. The molecule has 0 unspecified atom stereocenters. The van der Waals surface area contributed by atoms with E-state index >= 15 is 0 Å². The Morgan fingerprint density at radius 2 is 1.96 bits per heavy atom. The molecular weight excluding hydrogens is 426 g/mol. The van der Waals surface area contributed by atoms with Crippen LogP contribution in [0.15, 0.2) is 41.0 Å². The Labute approximate surface area is 161 Å². The van der Waals surface area contributed by atoms with Gasteiger partial charge in [-0.25, -0.2) is 4.39 Å². The molecule has 1 aliphatic heterocycles. The predicted molar refractivity (Wildman–Crippen MR) is 98.0 cm³/mol. The Morgan fingerprint density at radius 3 is 2.67 bits per heavy atom. The van der Waals surface area contributed by atoms with Gasteiger partial charge in [0.15, 0.2) is 0 Å². The summed E-state index contributed by atoms with van der Waals surface area (Å²) in [4.78, 5) is 1.33. The van der Waals surface area contributed by atoms with Crippen LogP contribution >= 0.6 is 15.9 Å². The standard InChI is InChI=1S/C19H16BrF4N3/c1-10-6-14-12(4-5-17-15(14)8-25-26-17)18(27(10)9-19(22,23)24)13-3-2-11(20)7-16(13)21/h2-5,7-8,10,18H,6,9H2,1H3,(H,25,26)/t10-,18+/m1/s1. The summed E-state index contributed by atoms with van der Waals surface area (Å²) in [5.41, 5.74) is 2.66. The van der Waals surface area contributed by atoms with Crippen LogP contribution < -0.4 is 0 Å². The largest absolute Gasteiger partial charge is 0.401 e. The van der Waals surface area contributed by atoms with Crippen LogP contribution in [0.25, 0.3) is 10.9 Å². The molecule has 142 valence electrons.